The molecule has 28 heavy (non-hydrogen) atoms. The predicted octanol–water partition coefficient (Wildman–Crippen LogP) is 4.39. The van der Waals surface area contributed by atoms with Gasteiger partial charge in [0.1, 0.15) is 12.4 Å². The van der Waals surface area contributed by atoms with Gasteiger partial charge in [-0.1, -0.05) is 41.9 Å². The lowest BCUT2D eigenvalue weighted by Crippen LogP contribution is -2.33. The minimum atomic E-state index is 0. The summed E-state index contributed by atoms with van der Waals surface area (Å²) < 4.78 is 5.83. The van der Waals surface area contributed by atoms with E-state index in [0.717, 1.165) is 42.9 Å². The van der Waals surface area contributed by atoms with E-state index in [1.165, 1.54) is 12.8 Å². The van der Waals surface area contributed by atoms with Gasteiger partial charge in [0.2, 0.25) is 5.91 Å². The molecule has 0 spiro atoms. The molecule has 152 valence electrons. The lowest BCUT2D eigenvalue weighted by molar-refractivity contribution is -0.120. The van der Waals surface area contributed by atoms with E-state index < -0.39 is 0 Å². The van der Waals surface area contributed by atoms with Crippen LogP contribution in [-0.4, -0.2) is 25.5 Å². The summed E-state index contributed by atoms with van der Waals surface area (Å²) in [5.74, 6) is 1.48. The zero-order valence-electron chi connectivity index (χ0n) is 16.0. The number of carbonyl (C=O) groups excluding carboxylic acids is 1. The van der Waals surface area contributed by atoms with E-state index in [4.69, 9.17) is 16.3 Å². The summed E-state index contributed by atoms with van der Waals surface area (Å²) in [6.45, 7) is 3.34. The molecule has 1 heterocycles. The van der Waals surface area contributed by atoms with Crippen molar-refractivity contribution in [2.24, 2.45) is 5.92 Å². The molecule has 0 bridgehead atoms. The Morgan fingerprint density at radius 3 is 2.86 bits per heavy atom. The number of piperidine rings is 1. The van der Waals surface area contributed by atoms with Crippen molar-refractivity contribution in [3.05, 3.63) is 64.7 Å². The number of rotatable bonds is 8. The zero-order valence-corrected chi connectivity index (χ0v) is 17.5. The van der Waals surface area contributed by atoms with Crippen molar-refractivity contribution in [2.75, 3.05) is 19.6 Å². The molecule has 0 aromatic heterocycles. The Hall–Kier alpha value is -1.75. The molecule has 1 aliphatic heterocycles. The Morgan fingerprint density at radius 1 is 1.21 bits per heavy atom. The van der Waals surface area contributed by atoms with E-state index in [0.29, 0.717) is 24.0 Å². The summed E-state index contributed by atoms with van der Waals surface area (Å²) in [7, 11) is 0. The van der Waals surface area contributed by atoms with Gasteiger partial charge in [0.25, 0.3) is 0 Å². The van der Waals surface area contributed by atoms with E-state index in [1.54, 1.807) is 0 Å². The largest absolute Gasteiger partial charge is 0.489 e. The topological polar surface area (TPSA) is 50.4 Å². The lowest BCUT2D eigenvalue weighted by Gasteiger charge is -2.22. The predicted molar refractivity (Wildman–Crippen MR) is 116 cm³/mol. The summed E-state index contributed by atoms with van der Waals surface area (Å²) in [6, 6.07) is 15.3. The van der Waals surface area contributed by atoms with Gasteiger partial charge in [-0.05, 0) is 62.0 Å². The van der Waals surface area contributed by atoms with Crippen molar-refractivity contribution in [1.29, 1.82) is 0 Å². The van der Waals surface area contributed by atoms with Crippen molar-refractivity contribution in [1.82, 2.24) is 10.6 Å². The highest BCUT2D eigenvalue weighted by molar-refractivity contribution is 6.31. The molecule has 0 aliphatic carbocycles. The van der Waals surface area contributed by atoms with Crippen LogP contribution in [-0.2, 0) is 17.8 Å². The quantitative estimate of drug-likeness (QED) is 0.662. The van der Waals surface area contributed by atoms with Crippen LogP contribution in [0.3, 0.4) is 0 Å². The van der Waals surface area contributed by atoms with Crippen molar-refractivity contribution in [3.63, 3.8) is 0 Å². The van der Waals surface area contributed by atoms with Gasteiger partial charge >= 0.3 is 0 Å². The van der Waals surface area contributed by atoms with Crippen molar-refractivity contribution in [3.8, 4) is 5.75 Å². The van der Waals surface area contributed by atoms with E-state index in [-0.39, 0.29) is 18.3 Å². The second-order valence-electron chi connectivity index (χ2n) is 7.06. The maximum atomic E-state index is 12.2. The first-order valence-corrected chi connectivity index (χ1v) is 10.0. The summed E-state index contributed by atoms with van der Waals surface area (Å²) in [5.41, 5.74) is 1.89. The Bertz CT molecular complexity index is 749. The Morgan fingerprint density at radius 2 is 2.07 bits per heavy atom. The molecule has 1 amide bonds. The van der Waals surface area contributed by atoms with E-state index in [9.17, 15) is 4.79 Å². The van der Waals surface area contributed by atoms with Crippen LogP contribution in [0.25, 0.3) is 0 Å². The Balaban J connectivity index is 0.00000280. The molecule has 0 saturated carbocycles. The molecule has 6 heteroatoms. The van der Waals surface area contributed by atoms with Crippen molar-refractivity contribution >= 4 is 29.9 Å². The van der Waals surface area contributed by atoms with Gasteiger partial charge in [0, 0.05) is 17.1 Å². The van der Waals surface area contributed by atoms with Crippen LogP contribution in [0.4, 0.5) is 0 Å². The second-order valence-corrected chi connectivity index (χ2v) is 7.46. The first kappa shape index (κ1) is 22.5. The maximum absolute atomic E-state index is 12.2. The minimum Gasteiger partial charge on any atom is -0.489 e. The van der Waals surface area contributed by atoms with Gasteiger partial charge in [0.05, 0.1) is 6.42 Å². The van der Waals surface area contributed by atoms with Crippen LogP contribution < -0.4 is 15.4 Å². The van der Waals surface area contributed by atoms with Crippen LogP contribution in [0.1, 0.15) is 30.4 Å². The highest BCUT2D eigenvalue weighted by Crippen LogP contribution is 2.19. The standard InChI is InChI=1S/C22H27ClN2O2.ClH/c23-21-9-2-1-7-19(21)16-27-20-8-3-5-18(13-20)14-22(26)25-12-10-17-6-4-11-24-15-17;/h1-3,5,7-9,13,17,24H,4,6,10-12,14-16H2,(H,25,26);1H. The van der Waals surface area contributed by atoms with Gasteiger partial charge < -0.3 is 15.4 Å². The smallest absolute Gasteiger partial charge is 0.224 e. The molecule has 0 radical (unpaired) electrons. The van der Waals surface area contributed by atoms with E-state index in [2.05, 4.69) is 10.6 Å². The van der Waals surface area contributed by atoms with E-state index >= 15 is 0 Å². The molecule has 3 rings (SSSR count). The number of amides is 1. The number of ether oxygens (including phenoxy) is 1. The summed E-state index contributed by atoms with van der Waals surface area (Å²) >= 11 is 6.16. The summed E-state index contributed by atoms with van der Waals surface area (Å²) in [6.07, 6.45) is 3.90. The third kappa shape index (κ3) is 7.34. The molecule has 2 aromatic rings. The molecule has 1 saturated heterocycles. The zero-order chi connectivity index (χ0) is 18.9. The van der Waals surface area contributed by atoms with Gasteiger partial charge in [-0.2, -0.15) is 0 Å². The number of carbonyl (C=O) groups is 1. The molecule has 2 aromatic carbocycles. The molecule has 2 N–H and O–H groups in total. The first-order valence-electron chi connectivity index (χ1n) is 9.63. The summed E-state index contributed by atoms with van der Waals surface area (Å²) in [4.78, 5) is 12.2. The van der Waals surface area contributed by atoms with Crippen LogP contribution >= 0.6 is 24.0 Å². The Labute approximate surface area is 178 Å². The average molecular weight is 423 g/mol. The minimum absolute atomic E-state index is 0. The van der Waals surface area contributed by atoms with Gasteiger partial charge in [-0.25, -0.2) is 0 Å². The van der Waals surface area contributed by atoms with Gasteiger partial charge in [0.15, 0.2) is 0 Å². The SMILES string of the molecule is Cl.O=C(Cc1cccc(OCc2ccccc2Cl)c1)NCCC1CCCNC1. The highest BCUT2D eigenvalue weighted by atomic mass is 35.5. The molecular weight excluding hydrogens is 395 g/mol. The van der Waals surface area contributed by atoms with Crippen molar-refractivity contribution in [2.45, 2.75) is 32.3 Å². The van der Waals surface area contributed by atoms with Gasteiger partial charge in [-0.15, -0.1) is 12.4 Å². The summed E-state index contributed by atoms with van der Waals surface area (Å²) in [5, 5.41) is 7.15. The monoisotopic (exact) mass is 422 g/mol. The number of hydrogen-bond donors (Lipinski definition) is 2. The third-order valence-corrected chi connectivity index (χ3v) is 5.26. The number of benzene rings is 2. The number of nitrogens with one attached hydrogen (secondary N) is 2. The Kier molecular flexibility index (Phi) is 9.62. The highest BCUT2D eigenvalue weighted by Gasteiger charge is 2.13. The van der Waals surface area contributed by atoms with Crippen LogP contribution in [0, 0.1) is 5.92 Å². The molecule has 1 aliphatic rings. The molecule has 4 nitrogen and oxygen atoms in total. The van der Waals surface area contributed by atoms with E-state index in [1.807, 2.05) is 48.5 Å². The maximum Gasteiger partial charge on any atom is 0.224 e. The number of hydrogen-bond acceptors (Lipinski definition) is 3. The van der Waals surface area contributed by atoms with Gasteiger partial charge in [-0.3, -0.25) is 4.79 Å². The third-order valence-electron chi connectivity index (χ3n) is 4.89. The molecular formula is C22H28Cl2N2O2. The average Bonchev–Trinajstić information content (AvgIpc) is 2.68. The molecule has 1 fully saturated rings. The van der Waals surface area contributed by atoms with Crippen LogP contribution in [0.2, 0.25) is 5.02 Å². The van der Waals surface area contributed by atoms with Crippen LogP contribution in [0.5, 0.6) is 5.75 Å². The second kappa shape index (κ2) is 11.9. The fourth-order valence-electron chi connectivity index (χ4n) is 3.36. The lowest BCUT2D eigenvalue weighted by atomic mass is 9.96. The van der Waals surface area contributed by atoms with Crippen LogP contribution in [0.15, 0.2) is 48.5 Å². The molecule has 1 atom stereocenters. The first-order chi connectivity index (χ1) is 13.2. The normalized spacial score (nSPS) is 16.1. The number of halogens is 2. The fourth-order valence-corrected chi connectivity index (χ4v) is 3.55. The van der Waals surface area contributed by atoms with Crippen molar-refractivity contribution < 1.29 is 9.53 Å². The fraction of sp³-hybridized carbons (Fsp3) is 0.409. The molecule has 1 unspecified atom stereocenters.